The summed E-state index contributed by atoms with van der Waals surface area (Å²) in [4.78, 5) is 25.2. The monoisotopic (exact) mass is 395 g/mol. The molecule has 0 unspecified atom stereocenters. The number of hydrogen-bond acceptors (Lipinski definition) is 5. The summed E-state index contributed by atoms with van der Waals surface area (Å²) in [6.07, 6.45) is 6.74. The lowest BCUT2D eigenvalue weighted by atomic mass is 10.1. The number of ether oxygens (including phenoxy) is 1. The molecule has 146 valence electrons. The van der Waals surface area contributed by atoms with E-state index in [0.717, 1.165) is 22.2 Å². The number of rotatable bonds is 5. The van der Waals surface area contributed by atoms with Crippen molar-refractivity contribution in [2.24, 2.45) is 7.05 Å². The number of carbonyl (C=O) groups excluding carboxylic acids is 1. The lowest BCUT2D eigenvalue weighted by Gasteiger charge is -2.08. The van der Waals surface area contributed by atoms with E-state index in [2.05, 4.69) is 25.0 Å². The number of nitrogens with zero attached hydrogens (tertiary/aromatic N) is 4. The number of halogens is 2. The van der Waals surface area contributed by atoms with Gasteiger partial charge in [0.2, 0.25) is 0 Å². The normalized spacial score (nSPS) is 11.0. The molecule has 4 aromatic rings. The van der Waals surface area contributed by atoms with Gasteiger partial charge in [-0.1, -0.05) is 0 Å². The molecule has 29 heavy (non-hydrogen) atoms. The number of imidazole rings is 1. The fraction of sp³-hybridized carbons (Fsp3) is 0.100. The predicted octanol–water partition coefficient (Wildman–Crippen LogP) is 3.88. The fourth-order valence-corrected chi connectivity index (χ4v) is 2.83. The molecule has 0 aliphatic rings. The van der Waals surface area contributed by atoms with Crippen molar-refractivity contribution in [1.29, 1.82) is 0 Å². The number of anilines is 1. The van der Waals surface area contributed by atoms with Crippen molar-refractivity contribution in [3.63, 3.8) is 0 Å². The molecule has 1 aromatic carbocycles. The van der Waals surface area contributed by atoms with Crippen molar-refractivity contribution >= 4 is 22.5 Å². The predicted molar refractivity (Wildman–Crippen MR) is 103 cm³/mol. The molecule has 4 rings (SSSR count). The maximum atomic E-state index is 12.4. The minimum absolute atomic E-state index is 0.0180. The Morgan fingerprint density at radius 1 is 1.07 bits per heavy atom. The molecule has 0 saturated carbocycles. The minimum Gasteiger partial charge on any atom is -0.435 e. The zero-order chi connectivity index (χ0) is 20.4. The average Bonchev–Trinajstić information content (AvgIpc) is 3.13. The van der Waals surface area contributed by atoms with E-state index in [1.807, 2.05) is 17.7 Å². The van der Waals surface area contributed by atoms with Gasteiger partial charge in [-0.2, -0.15) is 8.78 Å². The summed E-state index contributed by atoms with van der Waals surface area (Å²) in [5.41, 5.74) is 1.90. The standard InChI is InChI=1S/C20H15F2N5O2/c1-27-11-23-10-17(27)16-6-13-7-18(25-9-14(13)8-24-16)26-19(28)12-2-4-15(5-3-12)29-20(21)22/h2-11,20H,1H3,(H,25,26,28). The average molecular weight is 395 g/mol. The van der Waals surface area contributed by atoms with Crippen LogP contribution in [-0.4, -0.2) is 32.0 Å². The summed E-state index contributed by atoms with van der Waals surface area (Å²) in [6.45, 7) is -2.91. The Hall–Kier alpha value is -3.88. The molecule has 0 bridgehead atoms. The van der Waals surface area contributed by atoms with Crippen LogP contribution in [0.25, 0.3) is 22.2 Å². The molecule has 1 N–H and O–H groups in total. The highest BCUT2D eigenvalue weighted by molar-refractivity contribution is 6.04. The number of carbonyl (C=O) groups is 1. The lowest BCUT2D eigenvalue weighted by Crippen LogP contribution is -2.13. The molecular weight excluding hydrogens is 380 g/mol. The lowest BCUT2D eigenvalue weighted by molar-refractivity contribution is -0.0498. The smallest absolute Gasteiger partial charge is 0.387 e. The van der Waals surface area contributed by atoms with E-state index in [0.29, 0.717) is 11.4 Å². The van der Waals surface area contributed by atoms with Crippen LogP contribution in [0.15, 0.2) is 61.3 Å². The van der Waals surface area contributed by atoms with Crippen molar-refractivity contribution < 1.29 is 18.3 Å². The number of amides is 1. The molecule has 0 radical (unpaired) electrons. The first kappa shape index (κ1) is 18.5. The van der Waals surface area contributed by atoms with Crippen molar-refractivity contribution in [3.05, 3.63) is 66.9 Å². The molecule has 7 nitrogen and oxygen atoms in total. The van der Waals surface area contributed by atoms with Gasteiger partial charge in [0.15, 0.2) is 0 Å². The second-order valence-electron chi connectivity index (χ2n) is 6.23. The van der Waals surface area contributed by atoms with E-state index in [9.17, 15) is 13.6 Å². The van der Waals surface area contributed by atoms with Gasteiger partial charge in [-0.15, -0.1) is 0 Å². The molecule has 1 amide bonds. The third kappa shape index (κ3) is 4.03. The van der Waals surface area contributed by atoms with Gasteiger partial charge in [-0.05, 0) is 41.8 Å². The highest BCUT2D eigenvalue weighted by Gasteiger charge is 2.11. The quantitative estimate of drug-likeness (QED) is 0.555. The zero-order valence-corrected chi connectivity index (χ0v) is 15.2. The third-order valence-electron chi connectivity index (χ3n) is 4.27. The van der Waals surface area contributed by atoms with Gasteiger partial charge < -0.3 is 14.6 Å². The maximum absolute atomic E-state index is 12.4. The largest absolute Gasteiger partial charge is 0.435 e. The summed E-state index contributed by atoms with van der Waals surface area (Å²) in [5.74, 6) is -0.0745. The van der Waals surface area contributed by atoms with E-state index >= 15 is 0 Å². The summed E-state index contributed by atoms with van der Waals surface area (Å²) < 4.78 is 30.6. The minimum atomic E-state index is -2.91. The summed E-state index contributed by atoms with van der Waals surface area (Å²) in [5, 5.41) is 4.37. The molecule has 0 aliphatic heterocycles. The second-order valence-corrected chi connectivity index (χ2v) is 6.23. The van der Waals surface area contributed by atoms with Gasteiger partial charge in [-0.25, -0.2) is 9.97 Å². The van der Waals surface area contributed by atoms with E-state index in [-0.39, 0.29) is 5.75 Å². The molecule has 0 atom stereocenters. The van der Waals surface area contributed by atoms with Crippen LogP contribution >= 0.6 is 0 Å². The number of aryl methyl sites for hydroxylation is 1. The number of pyridine rings is 2. The van der Waals surface area contributed by atoms with Crippen LogP contribution in [0.2, 0.25) is 0 Å². The molecule has 0 fully saturated rings. The zero-order valence-electron chi connectivity index (χ0n) is 15.2. The van der Waals surface area contributed by atoms with Gasteiger partial charge in [0.05, 0.1) is 23.9 Å². The van der Waals surface area contributed by atoms with E-state index in [4.69, 9.17) is 0 Å². The first-order valence-corrected chi connectivity index (χ1v) is 8.58. The van der Waals surface area contributed by atoms with Gasteiger partial charge in [0.1, 0.15) is 11.6 Å². The van der Waals surface area contributed by atoms with E-state index in [1.54, 1.807) is 31.0 Å². The summed E-state index contributed by atoms with van der Waals surface area (Å²) in [6, 6.07) is 9.04. The Kier molecular flexibility index (Phi) is 4.86. The Morgan fingerprint density at radius 3 is 2.52 bits per heavy atom. The van der Waals surface area contributed by atoms with E-state index < -0.39 is 12.5 Å². The van der Waals surface area contributed by atoms with Crippen LogP contribution in [-0.2, 0) is 7.05 Å². The number of benzene rings is 1. The van der Waals surface area contributed by atoms with Gasteiger partial charge in [0.25, 0.3) is 5.91 Å². The topological polar surface area (TPSA) is 81.9 Å². The number of alkyl halides is 2. The SMILES string of the molecule is Cn1cncc1-c1cc2cc(NC(=O)c3ccc(OC(F)F)cc3)ncc2cn1. The van der Waals surface area contributed by atoms with Crippen LogP contribution in [0.3, 0.4) is 0 Å². The number of fused-ring (bicyclic) bond motifs is 1. The Bertz CT molecular complexity index is 1180. The summed E-state index contributed by atoms with van der Waals surface area (Å²) >= 11 is 0. The van der Waals surface area contributed by atoms with E-state index in [1.165, 1.54) is 24.3 Å². The van der Waals surface area contributed by atoms with Gasteiger partial charge in [-0.3, -0.25) is 9.78 Å². The summed E-state index contributed by atoms with van der Waals surface area (Å²) in [7, 11) is 1.88. The third-order valence-corrected chi connectivity index (χ3v) is 4.27. The first-order chi connectivity index (χ1) is 14.0. The highest BCUT2D eigenvalue weighted by atomic mass is 19.3. The molecular formula is C20H15F2N5O2. The van der Waals surface area contributed by atoms with Crippen LogP contribution in [0.1, 0.15) is 10.4 Å². The van der Waals surface area contributed by atoms with Crippen molar-refractivity contribution in [2.75, 3.05) is 5.32 Å². The van der Waals surface area contributed by atoms with Crippen LogP contribution in [0.4, 0.5) is 14.6 Å². The van der Waals surface area contributed by atoms with Crippen LogP contribution in [0.5, 0.6) is 5.75 Å². The number of aromatic nitrogens is 4. The second kappa shape index (κ2) is 7.63. The Labute approximate surface area is 164 Å². The molecule has 0 aliphatic carbocycles. The molecule has 9 heteroatoms. The van der Waals surface area contributed by atoms with Crippen molar-refractivity contribution in [3.8, 4) is 17.1 Å². The number of hydrogen-bond donors (Lipinski definition) is 1. The first-order valence-electron chi connectivity index (χ1n) is 8.58. The highest BCUT2D eigenvalue weighted by Crippen LogP contribution is 2.23. The molecule has 3 heterocycles. The fourth-order valence-electron chi connectivity index (χ4n) is 2.83. The molecule has 0 saturated heterocycles. The maximum Gasteiger partial charge on any atom is 0.387 e. The Morgan fingerprint density at radius 2 is 1.83 bits per heavy atom. The Balaban J connectivity index is 1.56. The van der Waals surface area contributed by atoms with Crippen molar-refractivity contribution in [1.82, 2.24) is 19.5 Å². The van der Waals surface area contributed by atoms with Crippen LogP contribution < -0.4 is 10.1 Å². The molecule has 0 spiro atoms. The molecule has 3 aromatic heterocycles. The van der Waals surface area contributed by atoms with Crippen molar-refractivity contribution in [2.45, 2.75) is 6.61 Å². The number of nitrogens with one attached hydrogen (secondary N) is 1. The van der Waals surface area contributed by atoms with Gasteiger partial charge >= 0.3 is 6.61 Å². The van der Waals surface area contributed by atoms with Gasteiger partial charge in [0, 0.05) is 30.4 Å². The van der Waals surface area contributed by atoms with Crippen LogP contribution in [0, 0.1) is 0 Å².